The molecule has 31 heavy (non-hydrogen) atoms. The third-order valence-corrected chi connectivity index (χ3v) is 6.29. The highest BCUT2D eigenvalue weighted by Gasteiger charge is 2.16. The summed E-state index contributed by atoms with van der Waals surface area (Å²) >= 11 is 3.37. The molecule has 6 nitrogen and oxygen atoms in total. The van der Waals surface area contributed by atoms with Crippen LogP contribution in [0.25, 0.3) is 0 Å². The van der Waals surface area contributed by atoms with Crippen molar-refractivity contribution >= 4 is 37.5 Å². The van der Waals surface area contributed by atoms with Gasteiger partial charge in [0.05, 0.1) is 17.1 Å². The molecule has 1 amide bonds. The molecule has 162 valence electrons. The average Bonchev–Trinajstić information content (AvgIpc) is 2.78. The fraction of sp³-hybridized carbons (Fsp3) is 0.174. The van der Waals surface area contributed by atoms with Crippen molar-refractivity contribution in [1.29, 1.82) is 0 Å². The van der Waals surface area contributed by atoms with Crippen LogP contribution in [0.15, 0.2) is 82.2 Å². The first-order chi connectivity index (χ1) is 14.9. The number of benzene rings is 3. The number of ether oxygens (including phenoxy) is 1. The minimum Gasteiger partial charge on any atom is -0.493 e. The van der Waals surface area contributed by atoms with Gasteiger partial charge < -0.3 is 10.1 Å². The Bertz CT molecular complexity index is 1130. The summed E-state index contributed by atoms with van der Waals surface area (Å²) in [5.41, 5.74) is 1.74. The van der Waals surface area contributed by atoms with Crippen LogP contribution < -0.4 is 14.8 Å². The molecule has 0 atom stereocenters. The van der Waals surface area contributed by atoms with Crippen LogP contribution in [0, 0.1) is 0 Å². The smallest absolute Gasteiger partial charge is 0.259 e. The van der Waals surface area contributed by atoms with Crippen molar-refractivity contribution in [2.75, 3.05) is 11.9 Å². The van der Waals surface area contributed by atoms with E-state index in [0.29, 0.717) is 23.6 Å². The Morgan fingerprint density at radius 2 is 1.71 bits per heavy atom. The molecule has 0 saturated heterocycles. The van der Waals surface area contributed by atoms with Gasteiger partial charge in [0, 0.05) is 16.7 Å². The molecule has 8 heteroatoms. The van der Waals surface area contributed by atoms with E-state index in [4.69, 9.17) is 4.74 Å². The predicted molar refractivity (Wildman–Crippen MR) is 125 cm³/mol. The summed E-state index contributed by atoms with van der Waals surface area (Å²) in [6.07, 6.45) is 0.825. The molecule has 0 aliphatic heterocycles. The number of nitrogens with one attached hydrogen (secondary N) is 2. The van der Waals surface area contributed by atoms with Gasteiger partial charge >= 0.3 is 0 Å². The molecule has 0 aliphatic carbocycles. The van der Waals surface area contributed by atoms with Gasteiger partial charge in [-0.25, -0.2) is 13.1 Å². The zero-order valence-corrected chi connectivity index (χ0v) is 19.4. The number of rotatable bonds is 9. The van der Waals surface area contributed by atoms with Crippen LogP contribution in [-0.4, -0.2) is 20.9 Å². The molecule has 0 saturated carbocycles. The van der Waals surface area contributed by atoms with Crippen LogP contribution in [0.4, 0.5) is 5.69 Å². The van der Waals surface area contributed by atoms with Gasteiger partial charge in [-0.1, -0.05) is 53.2 Å². The Morgan fingerprint density at radius 1 is 1.00 bits per heavy atom. The summed E-state index contributed by atoms with van der Waals surface area (Å²) in [4.78, 5) is 12.9. The van der Waals surface area contributed by atoms with Gasteiger partial charge in [0.15, 0.2) is 0 Å². The number of hydrogen-bond donors (Lipinski definition) is 2. The monoisotopic (exact) mass is 502 g/mol. The first-order valence-corrected chi connectivity index (χ1v) is 12.0. The van der Waals surface area contributed by atoms with E-state index in [1.165, 1.54) is 12.1 Å². The summed E-state index contributed by atoms with van der Waals surface area (Å²) in [6, 6.07) is 20.5. The van der Waals surface area contributed by atoms with Crippen molar-refractivity contribution in [2.24, 2.45) is 0 Å². The summed E-state index contributed by atoms with van der Waals surface area (Å²) in [5, 5.41) is 2.78. The second kappa shape index (κ2) is 10.6. The third-order valence-electron chi connectivity index (χ3n) is 4.38. The van der Waals surface area contributed by atoms with Crippen molar-refractivity contribution in [3.05, 3.63) is 88.4 Å². The summed E-state index contributed by atoms with van der Waals surface area (Å²) in [7, 11) is -3.67. The van der Waals surface area contributed by atoms with Crippen LogP contribution in [-0.2, 0) is 16.6 Å². The number of anilines is 1. The predicted octanol–water partition coefficient (Wildman–Crippen LogP) is 4.97. The molecule has 0 radical (unpaired) electrons. The van der Waals surface area contributed by atoms with Gasteiger partial charge in [0.25, 0.3) is 5.91 Å². The lowest BCUT2D eigenvalue weighted by Gasteiger charge is -2.12. The normalized spacial score (nSPS) is 11.2. The second-order valence-electron chi connectivity index (χ2n) is 6.78. The topological polar surface area (TPSA) is 84.5 Å². The SMILES string of the molecule is CCCOc1ccc(Br)cc1C(=O)Nc1ccc(S(=O)(=O)NCc2ccccc2)cc1. The van der Waals surface area contributed by atoms with E-state index in [0.717, 1.165) is 16.5 Å². The number of carbonyl (C=O) groups is 1. The van der Waals surface area contributed by atoms with E-state index < -0.39 is 10.0 Å². The highest BCUT2D eigenvalue weighted by Crippen LogP contribution is 2.25. The molecule has 3 aromatic rings. The van der Waals surface area contributed by atoms with Crippen molar-refractivity contribution in [3.8, 4) is 5.75 Å². The Hall–Kier alpha value is -2.68. The fourth-order valence-electron chi connectivity index (χ4n) is 2.79. The Morgan fingerprint density at radius 3 is 2.39 bits per heavy atom. The van der Waals surface area contributed by atoms with Crippen molar-refractivity contribution < 1.29 is 17.9 Å². The molecule has 0 unspecified atom stereocenters. The molecule has 2 N–H and O–H groups in total. The lowest BCUT2D eigenvalue weighted by atomic mass is 10.2. The van der Waals surface area contributed by atoms with Crippen LogP contribution in [0.2, 0.25) is 0 Å². The van der Waals surface area contributed by atoms with Crippen molar-refractivity contribution in [3.63, 3.8) is 0 Å². The molecule has 0 bridgehead atoms. The van der Waals surface area contributed by atoms with Gasteiger partial charge in [0.1, 0.15) is 5.75 Å². The maximum absolute atomic E-state index is 12.7. The summed E-state index contributed by atoms with van der Waals surface area (Å²) < 4.78 is 34.0. The maximum atomic E-state index is 12.7. The van der Waals surface area contributed by atoms with Gasteiger partial charge in [-0.05, 0) is 54.4 Å². The molecule has 0 heterocycles. The molecule has 0 aromatic heterocycles. The van der Waals surface area contributed by atoms with E-state index in [9.17, 15) is 13.2 Å². The highest BCUT2D eigenvalue weighted by molar-refractivity contribution is 9.10. The Labute approximate surface area is 190 Å². The maximum Gasteiger partial charge on any atom is 0.259 e. The zero-order valence-electron chi connectivity index (χ0n) is 17.0. The van der Waals surface area contributed by atoms with E-state index in [2.05, 4.69) is 26.0 Å². The van der Waals surface area contributed by atoms with Crippen LogP contribution in [0.1, 0.15) is 29.3 Å². The van der Waals surface area contributed by atoms with Gasteiger partial charge in [0.2, 0.25) is 10.0 Å². The van der Waals surface area contributed by atoms with Crippen LogP contribution in [0.5, 0.6) is 5.75 Å². The number of sulfonamides is 1. The fourth-order valence-corrected chi connectivity index (χ4v) is 4.17. The van der Waals surface area contributed by atoms with E-state index in [-0.39, 0.29) is 17.3 Å². The van der Waals surface area contributed by atoms with Crippen molar-refractivity contribution in [1.82, 2.24) is 4.72 Å². The van der Waals surface area contributed by atoms with Crippen molar-refractivity contribution in [2.45, 2.75) is 24.8 Å². The second-order valence-corrected chi connectivity index (χ2v) is 9.46. The van der Waals surface area contributed by atoms with Gasteiger partial charge in [-0.15, -0.1) is 0 Å². The Balaban J connectivity index is 1.69. The average molecular weight is 503 g/mol. The van der Waals surface area contributed by atoms with Gasteiger partial charge in [-0.2, -0.15) is 0 Å². The lowest BCUT2D eigenvalue weighted by Crippen LogP contribution is -2.23. The standard InChI is InChI=1S/C23H23BrN2O4S/c1-2-14-30-22-13-8-18(24)15-21(22)23(27)26-19-9-11-20(12-10-19)31(28,29)25-16-17-6-4-3-5-7-17/h3-13,15,25H,2,14,16H2,1H3,(H,26,27). The first-order valence-electron chi connectivity index (χ1n) is 9.76. The van der Waals surface area contributed by atoms with E-state index >= 15 is 0 Å². The quantitative estimate of drug-likeness (QED) is 0.432. The number of amides is 1. The number of halogens is 1. The van der Waals surface area contributed by atoms with Crippen LogP contribution in [0.3, 0.4) is 0 Å². The molecule has 0 aliphatic rings. The third kappa shape index (κ3) is 6.40. The highest BCUT2D eigenvalue weighted by atomic mass is 79.9. The van der Waals surface area contributed by atoms with E-state index in [1.807, 2.05) is 43.3 Å². The summed E-state index contributed by atoms with van der Waals surface area (Å²) in [6.45, 7) is 2.69. The molecule has 3 rings (SSSR count). The largest absolute Gasteiger partial charge is 0.493 e. The molecule has 0 spiro atoms. The minimum absolute atomic E-state index is 0.121. The molecular formula is C23H23BrN2O4S. The van der Waals surface area contributed by atoms with Crippen LogP contribution >= 0.6 is 15.9 Å². The van der Waals surface area contributed by atoms with E-state index in [1.54, 1.807) is 24.3 Å². The number of carbonyl (C=O) groups excluding carboxylic acids is 1. The molecular weight excluding hydrogens is 480 g/mol. The lowest BCUT2D eigenvalue weighted by molar-refractivity contribution is 0.102. The first kappa shape index (κ1) is 23.0. The summed E-state index contributed by atoms with van der Waals surface area (Å²) in [5.74, 6) is 0.150. The minimum atomic E-state index is -3.67. The molecule has 0 fully saturated rings. The Kier molecular flexibility index (Phi) is 7.84. The zero-order chi connectivity index (χ0) is 22.3. The number of hydrogen-bond acceptors (Lipinski definition) is 4. The van der Waals surface area contributed by atoms with Gasteiger partial charge in [-0.3, -0.25) is 4.79 Å². The molecule has 3 aromatic carbocycles.